The third-order valence-electron chi connectivity index (χ3n) is 6.97. The van der Waals surface area contributed by atoms with Gasteiger partial charge in [0.15, 0.2) is 0 Å². The van der Waals surface area contributed by atoms with Crippen molar-refractivity contribution < 1.29 is 23.6 Å². The first-order chi connectivity index (χ1) is 20.8. The van der Waals surface area contributed by atoms with Gasteiger partial charge in [0.05, 0.1) is 11.5 Å². The van der Waals surface area contributed by atoms with Crippen molar-refractivity contribution in [3.8, 4) is 0 Å². The Hall–Kier alpha value is -4.83. The molecule has 0 aliphatic heterocycles. The number of carbonyl (C=O) groups excluding carboxylic acids is 2. The predicted molar refractivity (Wildman–Crippen MR) is 161 cm³/mol. The van der Waals surface area contributed by atoms with Gasteiger partial charge in [-0.25, -0.2) is 4.39 Å². The van der Waals surface area contributed by atoms with Gasteiger partial charge < -0.3 is 19.1 Å². The predicted octanol–water partition coefficient (Wildman–Crippen LogP) is 5.68. The van der Waals surface area contributed by atoms with E-state index in [4.69, 9.17) is 4.74 Å². The maximum atomic E-state index is 13.9. The van der Waals surface area contributed by atoms with Crippen LogP contribution in [0.4, 0.5) is 10.1 Å². The van der Waals surface area contributed by atoms with E-state index in [1.807, 2.05) is 60.2 Å². The van der Waals surface area contributed by atoms with E-state index in [0.29, 0.717) is 39.3 Å². The summed E-state index contributed by atoms with van der Waals surface area (Å²) in [7, 11) is 0. The molecule has 0 saturated carbocycles. The number of benzene rings is 3. The van der Waals surface area contributed by atoms with Crippen LogP contribution in [0.15, 0.2) is 97.2 Å². The summed E-state index contributed by atoms with van der Waals surface area (Å²) in [5, 5.41) is 11.1. The highest BCUT2D eigenvalue weighted by Gasteiger charge is 2.24. The van der Waals surface area contributed by atoms with Gasteiger partial charge >= 0.3 is 0 Å². The lowest BCUT2D eigenvalue weighted by Gasteiger charge is -2.28. The maximum Gasteiger partial charge on any atom is 0.269 e. The number of hydrogen-bond donors (Lipinski definition) is 0. The average molecular weight is 587 g/mol. The van der Waals surface area contributed by atoms with Crippen LogP contribution in [0.25, 0.3) is 0 Å². The van der Waals surface area contributed by atoms with E-state index >= 15 is 0 Å². The second kappa shape index (κ2) is 15.4. The average Bonchev–Trinajstić information content (AvgIpc) is 3.45. The zero-order chi connectivity index (χ0) is 30.6. The van der Waals surface area contributed by atoms with Crippen LogP contribution in [0.2, 0.25) is 0 Å². The molecule has 9 nitrogen and oxygen atoms in total. The summed E-state index contributed by atoms with van der Waals surface area (Å²) >= 11 is 0. The van der Waals surface area contributed by atoms with E-state index in [9.17, 15) is 24.1 Å². The molecular formula is C33H35FN4O5. The van der Waals surface area contributed by atoms with Gasteiger partial charge in [-0.05, 0) is 60.9 Å². The van der Waals surface area contributed by atoms with Crippen LogP contribution >= 0.6 is 0 Å². The van der Waals surface area contributed by atoms with Gasteiger partial charge in [0.1, 0.15) is 12.4 Å². The molecule has 0 aliphatic rings. The first kappa shape index (κ1) is 31.1. The molecule has 0 unspecified atom stereocenters. The second-order valence-corrected chi connectivity index (χ2v) is 10.1. The maximum absolute atomic E-state index is 13.9. The molecule has 43 heavy (non-hydrogen) atoms. The fraction of sp³-hybridized carbons (Fsp3) is 0.273. The largest absolute Gasteiger partial charge is 0.382 e. The fourth-order valence-corrected chi connectivity index (χ4v) is 4.69. The Balaban J connectivity index is 1.56. The van der Waals surface area contributed by atoms with E-state index in [1.165, 1.54) is 41.3 Å². The molecule has 2 amide bonds. The number of nitro benzene ring substituents is 1. The summed E-state index contributed by atoms with van der Waals surface area (Å²) in [6, 6.07) is 25.2. The van der Waals surface area contributed by atoms with E-state index in [-0.39, 0.29) is 42.0 Å². The quantitative estimate of drug-likeness (QED) is 0.101. The van der Waals surface area contributed by atoms with Crippen molar-refractivity contribution in [2.24, 2.45) is 0 Å². The van der Waals surface area contributed by atoms with Crippen LogP contribution in [0.1, 0.15) is 40.5 Å². The lowest BCUT2D eigenvalue weighted by molar-refractivity contribution is -0.384. The summed E-state index contributed by atoms with van der Waals surface area (Å²) in [5.41, 5.74) is 2.90. The highest BCUT2D eigenvalue weighted by atomic mass is 19.1. The SMILES string of the molecule is CCOCCCN(CC(=O)N(Cc1ccccc1)Cc1cccn1Cc1ccc(F)cc1)C(=O)c1ccc([N+](=O)[O-])cc1. The van der Waals surface area contributed by atoms with Gasteiger partial charge in [0.25, 0.3) is 11.6 Å². The molecule has 224 valence electrons. The lowest BCUT2D eigenvalue weighted by Crippen LogP contribution is -2.43. The normalized spacial score (nSPS) is 10.8. The molecule has 0 atom stereocenters. The standard InChI is InChI=1S/C33H35FN4O5/c1-2-43-21-7-20-36(33(40)28-13-17-30(18-14-28)38(41)42)25-32(39)37(23-26-8-4-3-5-9-26)24-31-10-6-19-35(31)22-27-11-15-29(34)16-12-27/h3-6,8-19H,2,7,20-25H2,1H3. The number of amides is 2. The Bertz CT molecular complexity index is 1490. The number of ether oxygens (including phenoxy) is 1. The molecule has 0 radical (unpaired) electrons. The molecule has 1 heterocycles. The smallest absolute Gasteiger partial charge is 0.269 e. The molecule has 0 N–H and O–H groups in total. The molecular weight excluding hydrogens is 551 g/mol. The lowest BCUT2D eigenvalue weighted by atomic mass is 10.1. The number of halogens is 1. The second-order valence-electron chi connectivity index (χ2n) is 10.1. The third-order valence-corrected chi connectivity index (χ3v) is 6.97. The first-order valence-electron chi connectivity index (χ1n) is 14.2. The van der Waals surface area contributed by atoms with Crippen molar-refractivity contribution in [2.75, 3.05) is 26.3 Å². The van der Waals surface area contributed by atoms with E-state index < -0.39 is 4.92 Å². The van der Waals surface area contributed by atoms with E-state index in [0.717, 1.165) is 16.8 Å². The van der Waals surface area contributed by atoms with E-state index in [2.05, 4.69) is 0 Å². The van der Waals surface area contributed by atoms with E-state index in [1.54, 1.807) is 17.0 Å². The zero-order valence-electron chi connectivity index (χ0n) is 24.1. The Morgan fingerprint density at radius 1 is 0.884 bits per heavy atom. The molecule has 4 rings (SSSR count). The summed E-state index contributed by atoms with van der Waals surface area (Å²) in [6.45, 7) is 4.10. The van der Waals surface area contributed by atoms with Gasteiger partial charge in [-0.1, -0.05) is 42.5 Å². The van der Waals surface area contributed by atoms with Crippen LogP contribution in [0.5, 0.6) is 0 Å². The van der Waals surface area contributed by atoms with Gasteiger partial charge in [0.2, 0.25) is 5.91 Å². The van der Waals surface area contributed by atoms with Crippen molar-refractivity contribution in [3.05, 3.63) is 136 Å². The molecule has 1 aromatic heterocycles. The van der Waals surface area contributed by atoms with Crippen molar-refractivity contribution >= 4 is 17.5 Å². The summed E-state index contributed by atoms with van der Waals surface area (Å²) in [4.78, 5) is 41.2. The highest BCUT2D eigenvalue weighted by Crippen LogP contribution is 2.17. The summed E-state index contributed by atoms with van der Waals surface area (Å²) in [5.74, 6) is -0.936. The summed E-state index contributed by atoms with van der Waals surface area (Å²) < 4.78 is 20.9. The van der Waals surface area contributed by atoms with Crippen molar-refractivity contribution in [3.63, 3.8) is 0 Å². The molecule has 10 heteroatoms. The number of aromatic nitrogens is 1. The number of non-ortho nitro benzene ring substituents is 1. The topological polar surface area (TPSA) is 97.9 Å². The minimum Gasteiger partial charge on any atom is -0.382 e. The minimum atomic E-state index is -0.523. The Morgan fingerprint density at radius 3 is 2.28 bits per heavy atom. The number of hydrogen-bond acceptors (Lipinski definition) is 5. The number of nitro groups is 1. The first-order valence-corrected chi connectivity index (χ1v) is 14.2. The molecule has 0 aliphatic carbocycles. The van der Waals surface area contributed by atoms with Crippen LogP contribution in [0.3, 0.4) is 0 Å². The Labute approximate surface area is 250 Å². The van der Waals surface area contributed by atoms with Gasteiger partial charge in [0, 0.05) is 62.4 Å². The van der Waals surface area contributed by atoms with Crippen molar-refractivity contribution in [2.45, 2.75) is 33.0 Å². The monoisotopic (exact) mass is 586 g/mol. The van der Waals surface area contributed by atoms with Crippen LogP contribution in [-0.2, 0) is 29.2 Å². The summed E-state index contributed by atoms with van der Waals surface area (Å²) in [6.07, 6.45) is 2.45. The Kier molecular flexibility index (Phi) is 11.2. The molecule has 0 bridgehead atoms. The van der Waals surface area contributed by atoms with Crippen LogP contribution in [-0.4, -0.2) is 57.4 Å². The highest BCUT2D eigenvalue weighted by molar-refractivity contribution is 5.96. The van der Waals surface area contributed by atoms with Gasteiger partial charge in [-0.15, -0.1) is 0 Å². The van der Waals surface area contributed by atoms with Crippen LogP contribution < -0.4 is 0 Å². The Morgan fingerprint density at radius 2 is 1.60 bits per heavy atom. The molecule has 3 aromatic carbocycles. The number of carbonyl (C=O) groups is 2. The fourth-order valence-electron chi connectivity index (χ4n) is 4.69. The minimum absolute atomic E-state index is 0.117. The van der Waals surface area contributed by atoms with Crippen LogP contribution in [0, 0.1) is 15.9 Å². The van der Waals surface area contributed by atoms with Crippen molar-refractivity contribution in [1.82, 2.24) is 14.4 Å². The van der Waals surface area contributed by atoms with Gasteiger partial charge in [-0.2, -0.15) is 0 Å². The molecule has 0 spiro atoms. The number of rotatable bonds is 15. The third kappa shape index (κ3) is 9.08. The van der Waals surface area contributed by atoms with Gasteiger partial charge in [-0.3, -0.25) is 19.7 Å². The zero-order valence-corrected chi connectivity index (χ0v) is 24.1. The van der Waals surface area contributed by atoms with Crippen molar-refractivity contribution in [1.29, 1.82) is 0 Å². The molecule has 4 aromatic rings. The molecule has 0 fully saturated rings. The molecule has 0 saturated heterocycles. The number of nitrogens with zero attached hydrogens (tertiary/aromatic N) is 4.